The van der Waals surface area contributed by atoms with Gasteiger partial charge in [0.15, 0.2) is 0 Å². The van der Waals surface area contributed by atoms with Gasteiger partial charge in [0.1, 0.15) is 11.9 Å². The first-order valence-corrected chi connectivity index (χ1v) is 7.18. The molecule has 122 valence electrons. The number of hydrogen-bond acceptors (Lipinski definition) is 4. The molecule has 0 heterocycles. The van der Waals surface area contributed by atoms with E-state index in [0.29, 0.717) is 11.1 Å². The highest BCUT2D eigenvalue weighted by Gasteiger charge is 2.24. The van der Waals surface area contributed by atoms with E-state index in [1.165, 1.54) is 25.3 Å². The summed E-state index contributed by atoms with van der Waals surface area (Å²) in [6, 6.07) is 13.2. The molecule has 24 heavy (non-hydrogen) atoms. The van der Waals surface area contributed by atoms with Crippen LogP contribution in [0.2, 0.25) is 0 Å². The molecular formula is C18H15FN2O3. The van der Waals surface area contributed by atoms with Gasteiger partial charge in [-0.25, -0.2) is 9.18 Å². The van der Waals surface area contributed by atoms with Gasteiger partial charge >= 0.3 is 5.97 Å². The zero-order valence-electron chi connectivity index (χ0n) is 13.0. The number of amides is 1. The van der Waals surface area contributed by atoms with E-state index >= 15 is 0 Å². The average molecular weight is 326 g/mol. The van der Waals surface area contributed by atoms with E-state index < -0.39 is 23.7 Å². The normalized spacial score (nSPS) is 11.2. The predicted molar refractivity (Wildman–Crippen MR) is 84.5 cm³/mol. The van der Waals surface area contributed by atoms with Crippen molar-refractivity contribution in [2.24, 2.45) is 0 Å². The van der Waals surface area contributed by atoms with Gasteiger partial charge < -0.3 is 10.1 Å². The second-order valence-corrected chi connectivity index (χ2v) is 5.00. The minimum atomic E-state index is -1.03. The van der Waals surface area contributed by atoms with E-state index in [2.05, 4.69) is 5.32 Å². The van der Waals surface area contributed by atoms with Gasteiger partial charge in [0.25, 0.3) is 5.91 Å². The minimum Gasteiger partial charge on any atom is -0.467 e. The summed E-state index contributed by atoms with van der Waals surface area (Å²) in [4.78, 5) is 24.2. The monoisotopic (exact) mass is 326 g/mol. The van der Waals surface area contributed by atoms with E-state index in [0.717, 1.165) is 6.07 Å². The molecule has 2 aromatic rings. The van der Waals surface area contributed by atoms with Crippen LogP contribution in [0.25, 0.3) is 0 Å². The maximum atomic E-state index is 13.7. The summed E-state index contributed by atoms with van der Waals surface area (Å²) in [5.74, 6) is -2.08. The fourth-order valence-corrected chi connectivity index (χ4v) is 2.24. The number of carbonyl (C=O) groups is 2. The summed E-state index contributed by atoms with van der Waals surface area (Å²) < 4.78 is 18.4. The van der Waals surface area contributed by atoms with Crippen molar-refractivity contribution < 1.29 is 18.7 Å². The van der Waals surface area contributed by atoms with Crippen molar-refractivity contribution in [1.82, 2.24) is 5.32 Å². The lowest BCUT2D eigenvalue weighted by Gasteiger charge is -2.17. The fraction of sp³-hybridized carbons (Fsp3) is 0.167. The number of nitrogens with one attached hydrogen (secondary N) is 1. The van der Waals surface area contributed by atoms with Crippen molar-refractivity contribution in [1.29, 1.82) is 5.26 Å². The molecule has 0 aliphatic heterocycles. The molecule has 0 aromatic heterocycles. The maximum Gasteiger partial charge on any atom is 0.328 e. The van der Waals surface area contributed by atoms with Gasteiger partial charge in [-0.15, -0.1) is 0 Å². The van der Waals surface area contributed by atoms with Crippen molar-refractivity contribution in [3.8, 4) is 6.07 Å². The Labute approximate surface area is 138 Å². The first kappa shape index (κ1) is 17.2. The van der Waals surface area contributed by atoms with E-state index in [4.69, 9.17) is 10.00 Å². The second-order valence-electron chi connectivity index (χ2n) is 5.00. The van der Waals surface area contributed by atoms with Crippen molar-refractivity contribution >= 4 is 11.9 Å². The molecule has 0 aliphatic rings. The number of esters is 1. The molecule has 2 rings (SSSR count). The lowest BCUT2D eigenvalue weighted by molar-refractivity contribution is -0.142. The van der Waals surface area contributed by atoms with Crippen LogP contribution in [0.1, 0.15) is 21.5 Å². The Morgan fingerprint density at radius 2 is 1.88 bits per heavy atom. The maximum absolute atomic E-state index is 13.7. The largest absolute Gasteiger partial charge is 0.467 e. The van der Waals surface area contributed by atoms with Crippen LogP contribution in [0, 0.1) is 17.1 Å². The Kier molecular flexibility index (Phi) is 5.63. The molecule has 0 fully saturated rings. The third-order valence-electron chi connectivity index (χ3n) is 3.47. The van der Waals surface area contributed by atoms with Crippen LogP contribution in [0.4, 0.5) is 4.39 Å². The van der Waals surface area contributed by atoms with Crippen LogP contribution in [0.15, 0.2) is 48.5 Å². The average Bonchev–Trinajstić information content (AvgIpc) is 2.61. The molecule has 0 saturated carbocycles. The topological polar surface area (TPSA) is 79.2 Å². The number of methoxy groups -OCH3 is 1. The number of rotatable bonds is 5. The molecule has 0 spiro atoms. The highest BCUT2D eigenvalue weighted by atomic mass is 19.1. The van der Waals surface area contributed by atoms with Gasteiger partial charge in [-0.05, 0) is 23.8 Å². The van der Waals surface area contributed by atoms with E-state index in [-0.39, 0.29) is 12.0 Å². The number of hydrogen-bond donors (Lipinski definition) is 1. The summed E-state index contributed by atoms with van der Waals surface area (Å²) in [6.45, 7) is 0. The standard InChI is InChI=1S/C18H15FN2O3/c1-24-18(23)16(10-12-6-2-3-7-13(12)11-20)21-17(22)14-8-4-5-9-15(14)19/h2-9,16H,10H2,1H3,(H,21,22)/t16-/m0/s1. The zero-order chi connectivity index (χ0) is 17.5. The van der Waals surface area contributed by atoms with Crippen LogP contribution < -0.4 is 5.32 Å². The molecule has 0 unspecified atom stereocenters. The smallest absolute Gasteiger partial charge is 0.328 e. The Hall–Kier alpha value is -3.20. The number of ether oxygens (including phenoxy) is 1. The van der Waals surface area contributed by atoms with Gasteiger partial charge in [0.2, 0.25) is 0 Å². The molecule has 1 amide bonds. The molecule has 6 heteroatoms. The lowest BCUT2D eigenvalue weighted by atomic mass is 10.0. The van der Waals surface area contributed by atoms with Crippen LogP contribution in [0.5, 0.6) is 0 Å². The summed E-state index contributed by atoms with van der Waals surface area (Å²) in [6.07, 6.45) is 0.0661. The first-order valence-electron chi connectivity index (χ1n) is 7.18. The van der Waals surface area contributed by atoms with E-state index in [1.807, 2.05) is 6.07 Å². The molecule has 0 radical (unpaired) electrons. The minimum absolute atomic E-state index is 0.0661. The van der Waals surface area contributed by atoms with Gasteiger partial charge in [0.05, 0.1) is 24.3 Å². The van der Waals surface area contributed by atoms with Gasteiger partial charge in [-0.3, -0.25) is 4.79 Å². The predicted octanol–water partition coefficient (Wildman–Crippen LogP) is 2.21. The Morgan fingerprint density at radius 3 is 2.54 bits per heavy atom. The van der Waals surface area contributed by atoms with Crippen molar-refractivity contribution in [2.75, 3.05) is 7.11 Å². The van der Waals surface area contributed by atoms with Crippen molar-refractivity contribution in [3.05, 3.63) is 71.0 Å². The van der Waals surface area contributed by atoms with Gasteiger partial charge in [-0.2, -0.15) is 5.26 Å². The number of halogens is 1. The second kappa shape index (κ2) is 7.88. The van der Waals surface area contributed by atoms with Crippen LogP contribution in [0.3, 0.4) is 0 Å². The van der Waals surface area contributed by atoms with Crippen LogP contribution in [-0.4, -0.2) is 25.0 Å². The van der Waals surface area contributed by atoms with E-state index in [9.17, 15) is 14.0 Å². The van der Waals surface area contributed by atoms with Gasteiger partial charge in [0, 0.05) is 6.42 Å². The third-order valence-corrected chi connectivity index (χ3v) is 3.47. The Balaban J connectivity index is 2.24. The highest BCUT2D eigenvalue weighted by molar-refractivity contribution is 5.97. The third kappa shape index (κ3) is 3.96. The fourth-order valence-electron chi connectivity index (χ4n) is 2.24. The summed E-state index contributed by atoms with van der Waals surface area (Å²) in [5, 5.41) is 11.6. The number of nitrogens with zero attached hydrogens (tertiary/aromatic N) is 1. The summed E-state index contributed by atoms with van der Waals surface area (Å²) >= 11 is 0. The Morgan fingerprint density at radius 1 is 1.21 bits per heavy atom. The molecular weight excluding hydrogens is 311 g/mol. The molecule has 0 bridgehead atoms. The molecule has 1 N–H and O–H groups in total. The molecule has 5 nitrogen and oxygen atoms in total. The number of nitriles is 1. The quantitative estimate of drug-likeness (QED) is 0.855. The van der Waals surface area contributed by atoms with Crippen LogP contribution in [-0.2, 0) is 16.0 Å². The summed E-state index contributed by atoms with van der Waals surface area (Å²) in [5.41, 5.74) is 0.816. The van der Waals surface area contributed by atoms with Gasteiger partial charge in [-0.1, -0.05) is 30.3 Å². The Bertz CT molecular complexity index is 799. The number of carbonyl (C=O) groups excluding carboxylic acids is 2. The summed E-state index contributed by atoms with van der Waals surface area (Å²) in [7, 11) is 1.20. The van der Waals surface area contributed by atoms with Crippen LogP contribution >= 0.6 is 0 Å². The molecule has 0 aliphatic carbocycles. The number of benzene rings is 2. The molecule has 1 atom stereocenters. The van der Waals surface area contributed by atoms with E-state index in [1.54, 1.807) is 24.3 Å². The van der Waals surface area contributed by atoms with Crippen molar-refractivity contribution in [3.63, 3.8) is 0 Å². The molecule has 0 saturated heterocycles. The molecule has 2 aromatic carbocycles. The highest BCUT2D eigenvalue weighted by Crippen LogP contribution is 2.12. The SMILES string of the molecule is COC(=O)[C@H](Cc1ccccc1C#N)NC(=O)c1ccccc1F. The first-order chi connectivity index (χ1) is 11.6. The zero-order valence-corrected chi connectivity index (χ0v) is 13.0. The van der Waals surface area contributed by atoms with Crippen molar-refractivity contribution in [2.45, 2.75) is 12.5 Å². The lowest BCUT2D eigenvalue weighted by Crippen LogP contribution is -2.43.